The fourth-order valence-electron chi connectivity index (χ4n) is 6.70. The van der Waals surface area contributed by atoms with Gasteiger partial charge in [-0.15, -0.1) is 0 Å². The average Bonchev–Trinajstić information content (AvgIpc) is 3.30. The van der Waals surface area contributed by atoms with E-state index < -0.39 is 6.10 Å². The van der Waals surface area contributed by atoms with Gasteiger partial charge in [0, 0.05) is 19.3 Å². The number of ether oxygens (including phenoxy) is 3. The molecule has 0 fully saturated rings. The Hall–Kier alpha value is -4.19. The van der Waals surface area contributed by atoms with E-state index in [1.54, 1.807) is 0 Å². The lowest BCUT2D eigenvalue weighted by molar-refractivity contribution is -0.167. The second-order valence-corrected chi connectivity index (χ2v) is 16.8. The van der Waals surface area contributed by atoms with Gasteiger partial charge in [-0.25, -0.2) is 0 Å². The van der Waals surface area contributed by atoms with Crippen LogP contribution in [-0.4, -0.2) is 37.2 Å². The first-order chi connectivity index (χ1) is 32.0. The summed E-state index contributed by atoms with van der Waals surface area (Å²) in [4.78, 5) is 38.0. The molecule has 0 aliphatic carbocycles. The number of hydrogen-bond donors (Lipinski definition) is 0. The molecule has 0 saturated heterocycles. The number of carbonyl (C=O) groups excluding carboxylic acids is 3. The normalized spacial score (nSPS) is 13.1. The number of esters is 3. The Labute approximate surface area is 399 Å². The van der Waals surface area contributed by atoms with Crippen molar-refractivity contribution in [1.82, 2.24) is 0 Å². The minimum Gasteiger partial charge on any atom is -0.462 e. The minimum absolute atomic E-state index is 0.113. The molecule has 366 valence electrons. The van der Waals surface area contributed by atoms with E-state index in [1.165, 1.54) is 70.6 Å². The molecule has 0 amide bonds. The van der Waals surface area contributed by atoms with Gasteiger partial charge in [0.25, 0.3) is 0 Å². The van der Waals surface area contributed by atoms with Crippen molar-refractivity contribution in [2.75, 3.05) is 13.2 Å². The zero-order chi connectivity index (χ0) is 47.2. The van der Waals surface area contributed by atoms with Crippen LogP contribution in [0.3, 0.4) is 0 Å². The molecule has 1 atom stereocenters. The van der Waals surface area contributed by atoms with Crippen molar-refractivity contribution in [3.8, 4) is 0 Å². The molecule has 0 heterocycles. The second kappa shape index (κ2) is 52.4. The number of allylic oxidation sites excluding steroid dienone is 20. The van der Waals surface area contributed by atoms with Gasteiger partial charge in [0.2, 0.25) is 0 Å². The highest BCUT2D eigenvalue weighted by atomic mass is 16.6. The Balaban J connectivity index is 4.54. The van der Waals surface area contributed by atoms with Gasteiger partial charge in [0.05, 0.1) is 0 Å². The molecule has 0 bridgehead atoms. The molecule has 6 nitrogen and oxygen atoms in total. The molecule has 0 aromatic carbocycles. The molecule has 1 unspecified atom stereocenters. The lowest BCUT2D eigenvalue weighted by Gasteiger charge is -2.18. The predicted octanol–water partition coefficient (Wildman–Crippen LogP) is 17.3. The molecular formula is C59H94O6. The smallest absolute Gasteiger partial charge is 0.306 e. The second-order valence-electron chi connectivity index (χ2n) is 16.8. The molecular weight excluding hydrogens is 805 g/mol. The highest BCUT2D eigenvalue weighted by Gasteiger charge is 2.19. The highest BCUT2D eigenvalue weighted by Crippen LogP contribution is 2.13. The number of rotatable bonds is 45. The molecule has 0 spiro atoms. The summed E-state index contributed by atoms with van der Waals surface area (Å²) in [7, 11) is 0. The molecule has 0 rings (SSSR count). The summed E-state index contributed by atoms with van der Waals surface area (Å²) in [5.74, 6) is -1.01. The monoisotopic (exact) mass is 899 g/mol. The number of hydrogen-bond acceptors (Lipinski definition) is 6. The van der Waals surface area contributed by atoms with E-state index in [1.807, 2.05) is 24.3 Å². The lowest BCUT2D eigenvalue weighted by Crippen LogP contribution is -2.30. The van der Waals surface area contributed by atoms with Crippen molar-refractivity contribution in [3.05, 3.63) is 122 Å². The minimum atomic E-state index is -0.819. The number of unbranched alkanes of at least 4 members (excludes halogenated alkanes) is 19. The number of carbonyl (C=O) groups is 3. The van der Waals surface area contributed by atoms with Crippen molar-refractivity contribution >= 4 is 17.9 Å². The van der Waals surface area contributed by atoms with Gasteiger partial charge in [0.1, 0.15) is 13.2 Å². The summed E-state index contributed by atoms with van der Waals surface area (Å²) in [5, 5.41) is 0. The Morgan fingerprint density at radius 2 is 0.677 bits per heavy atom. The fourth-order valence-corrected chi connectivity index (χ4v) is 6.70. The fraction of sp³-hybridized carbons (Fsp3) is 0.610. The summed E-state index contributed by atoms with van der Waals surface area (Å²) < 4.78 is 16.7. The Kier molecular flexibility index (Phi) is 49.1. The quantitative estimate of drug-likeness (QED) is 0.0199. The molecule has 0 N–H and O–H groups in total. The van der Waals surface area contributed by atoms with Crippen LogP contribution in [0.25, 0.3) is 0 Å². The van der Waals surface area contributed by atoms with Gasteiger partial charge < -0.3 is 14.2 Å². The first kappa shape index (κ1) is 60.8. The first-order valence-corrected chi connectivity index (χ1v) is 26.1. The van der Waals surface area contributed by atoms with E-state index in [-0.39, 0.29) is 44.0 Å². The third-order valence-electron chi connectivity index (χ3n) is 10.6. The van der Waals surface area contributed by atoms with Gasteiger partial charge in [-0.05, 0) is 89.9 Å². The average molecular weight is 899 g/mol. The molecule has 0 aliphatic heterocycles. The third kappa shape index (κ3) is 50.7. The van der Waals surface area contributed by atoms with Crippen LogP contribution < -0.4 is 0 Å². The molecule has 0 aromatic heterocycles. The van der Waals surface area contributed by atoms with Crippen LogP contribution in [0, 0.1) is 0 Å². The molecule has 0 saturated carbocycles. The Morgan fingerprint density at radius 3 is 1.14 bits per heavy atom. The molecule has 0 radical (unpaired) electrons. The largest absolute Gasteiger partial charge is 0.462 e. The lowest BCUT2D eigenvalue weighted by atomic mass is 10.1. The van der Waals surface area contributed by atoms with Crippen LogP contribution in [0.4, 0.5) is 0 Å². The molecule has 0 aromatic rings. The van der Waals surface area contributed by atoms with Gasteiger partial charge in [-0.3, -0.25) is 14.4 Å². The molecule has 65 heavy (non-hydrogen) atoms. The standard InChI is InChI=1S/C59H94O6/c1-4-7-10-13-16-19-22-25-28-29-32-34-37-40-43-46-49-52-58(61)64-55-56(65-59(62)53-50-47-44-41-38-35-31-27-24-21-18-15-12-9-6-3)54-63-57(60)51-48-45-42-39-36-33-30-26-23-20-17-14-11-8-5-2/h8-9,11-12,14-15,17-18,20-21,23-25,27-28,31-32,34,40,43,56H,4-7,10,13,16,19,22,26,29-30,33,35-39,41-42,44-55H2,1-3H3/b11-8-,12-9-,17-14-,18-15-,23-20-,24-21-,28-25-,31-27-,34-32-,43-40-. The van der Waals surface area contributed by atoms with Gasteiger partial charge in [-0.2, -0.15) is 0 Å². The maximum atomic E-state index is 12.8. The van der Waals surface area contributed by atoms with Crippen LogP contribution in [0.5, 0.6) is 0 Å². The van der Waals surface area contributed by atoms with Crippen LogP contribution >= 0.6 is 0 Å². The topological polar surface area (TPSA) is 78.9 Å². The third-order valence-corrected chi connectivity index (χ3v) is 10.6. The van der Waals surface area contributed by atoms with Gasteiger partial charge in [0.15, 0.2) is 6.10 Å². The zero-order valence-electron chi connectivity index (χ0n) is 41.7. The summed E-state index contributed by atoms with van der Waals surface area (Å²) in [6.45, 7) is 6.27. The van der Waals surface area contributed by atoms with E-state index in [2.05, 4.69) is 118 Å². The summed E-state index contributed by atoms with van der Waals surface area (Å²) >= 11 is 0. The van der Waals surface area contributed by atoms with Crippen molar-refractivity contribution in [1.29, 1.82) is 0 Å². The van der Waals surface area contributed by atoms with Crippen molar-refractivity contribution in [2.45, 2.75) is 219 Å². The molecule has 0 aliphatic rings. The molecule has 6 heteroatoms. The highest BCUT2D eigenvalue weighted by molar-refractivity contribution is 5.71. The zero-order valence-corrected chi connectivity index (χ0v) is 41.7. The van der Waals surface area contributed by atoms with E-state index in [0.717, 1.165) is 96.3 Å². The van der Waals surface area contributed by atoms with Crippen molar-refractivity contribution in [3.63, 3.8) is 0 Å². The van der Waals surface area contributed by atoms with Crippen LogP contribution in [0.2, 0.25) is 0 Å². The van der Waals surface area contributed by atoms with Gasteiger partial charge in [-0.1, -0.05) is 226 Å². The summed E-state index contributed by atoms with van der Waals surface area (Å²) in [6, 6.07) is 0. The van der Waals surface area contributed by atoms with E-state index in [4.69, 9.17) is 14.2 Å². The van der Waals surface area contributed by atoms with Crippen LogP contribution in [0.1, 0.15) is 213 Å². The van der Waals surface area contributed by atoms with E-state index in [0.29, 0.717) is 12.8 Å². The first-order valence-electron chi connectivity index (χ1n) is 26.1. The van der Waals surface area contributed by atoms with Gasteiger partial charge >= 0.3 is 17.9 Å². The van der Waals surface area contributed by atoms with Crippen LogP contribution in [0.15, 0.2) is 122 Å². The van der Waals surface area contributed by atoms with E-state index in [9.17, 15) is 14.4 Å². The predicted molar refractivity (Wildman–Crippen MR) is 279 cm³/mol. The SMILES string of the molecule is CC\C=C/C=C\C=C/C=C\CCCCCCCC(=O)OC(COC(=O)CCC/C=C\C/C=C\C/C=C\CCCCCCCC)COC(=O)CCCCCCCCC\C=C/C=C\C=C/CC. The maximum Gasteiger partial charge on any atom is 0.306 e. The van der Waals surface area contributed by atoms with Crippen LogP contribution in [-0.2, 0) is 28.6 Å². The Bertz CT molecular complexity index is 1400. The van der Waals surface area contributed by atoms with Crippen molar-refractivity contribution in [2.24, 2.45) is 0 Å². The van der Waals surface area contributed by atoms with Crippen molar-refractivity contribution < 1.29 is 28.6 Å². The van der Waals surface area contributed by atoms with E-state index >= 15 is 0 Å². The Morgan fingerprint density at radius 1 is 0.338 bits per heavy atom. The summed E-state index contributed by atoms with van der Waals surface area (Å²) in [6.07, 6.45) is 71.8. The maximum absolute atomic E-state index is 12.8. The summed E-state index contributed by atoms with van der Waals surface area (Å²) in [5.41, 5.74) is 0.